The molecule has 4 heterocycles. The summed E-state index contributed by atoms with van der Waals surface area (Å²) in [6, 6.07) is 9.81. The molecule has 6 rings (SSSR count). The number of aromatic nitrogens is 2. The summed E-state index contributed by atoms with van der Waals surface area (Å²) in [5, 5.41) is 6.69. The zero-order valence-electron chi connectivity index (χ0n) is 19.9. The van der Waals surface area contributed by atoms with Crippen LogP contribution in [0.3, 0.4) is 0 Å². The first-order chi connectivity index (χ1) is 18.3. The minimum Gasteiger partial charge on any atom is -0.447 e. The van der Waals surface area contributed by atoms with Gasteiger partial charge in [0.2, 0.25) is 0 Å². The van der Waals surface area contributed by atoms with Gasteiger partial charge in [-0.25, -0.2) is 18.7 Å². The van der Waals surface area contributed by atoms with Crippen molar-refractivity contribution in [3.8, 4) is 5.69 Å². The second kappa shape index (κ2) is 8.91. The molecule has 0 bridgehead atoms. The van der Waals surface area contributed by atoms with Crippen LogP contribution in [0.15, 0.2) is 42.6 Å². The van der Waals surface area contributed by atoms with Crippen LogP contribution in [0.5, 0.6) is 0 Å². The Hall–Kier alpha value is -4.32. The van der Waals surface area contributed by atoms with Crippen molar-refractivity contribution in [1.82, 2.24) is 14.7 Å². The molecule has 2 fully saturated rings. The lowest BCUT2D eigenvalue weighted by Crippen LogP contribution is -2.53. The van der Waals surface area contributed by atoms with Gasteiger partial charge in [-0.15, -0.1) is 0 Å². The standard InChI is InChI=1S/C25H22ClFN6O5/c26-17-6-7-18-19(20(17)27)25(38-23(35)30-18)8-1-9-31(13-25)22(34)16-12-29-33(21(16)28)15-4-2-14(3-5-15)32-10-11-37-24(32)36/h2-7,12H,1,8-11,13,28H2,(H,30,35)/t25-/m0/s1. The number of nitrogen functional groups attached to an aromatic ring is 1. The van der Waals surface area contributed by atoms with Crippen LogP contribution in [-0.4, -0.2) is 59.0 Å². The smallest absolute Gasteiger partial charge is 0.414 e. The molecule has 0 unspecified atom stereocenters. The quantitative estimate of drug-likeness (QED) is 0.515. The van der Waals surface area contributed by atoms with Gasteiger partial charge in [0.15, 0.2) is 11.4 Å². The van der Waals surface area contributed by atoms with Gasteiger partial charge in [-0.2, -0.15) is 5.10 Å². The highest BCUT2D eigenvalue weighted by molar-refractivity contribution is 6.31. The number of ether oxygens (including phenoxy) is 2. The Morgan fingerprint density at radius 1 is 1.13 bits per heavy atom. The fourth-order valence-electron chi connectivity index (χ4n) is 5.25. The molecule has 38 heavy (non-hydrogen) atoms. The van der Waals surface area contributed by atoms with Crippen molar-refractivity contribution < 1.29 is 28.2 Å². The van der Waals surface area contributed by atoms with Crippen molar-refractivity contribution in [3.63, 3.8) is 0 Å². The molecule has 11 nitrogen and oxygen atoms in total. The summed E-state index contributed by atoms with van der Waals surface area (Å²) in [5.41, 5.74) is 6.73. The predicted molar refractivity (Wildman–Crippen MR) is 135 cm³/mol. The molecule has 1 spiro atoms. The Balaban J connectivity index is 1.27. The van der Waals surface area contributed by atoms with Crippen LogP contribution in [0.25, 0.3) is 5.69 Å². The van der Waals surface area contributed by atoms with Crippen LogP contribution in [0.1, 0.15) is 28.8 Å². The first-order valence-corrected chi connectivity index (χ1v) is 12.3. The summed E-state index contributed by atoms with van der Waals surface area (Å²) in [5.74, 6) is -1.01. The number of benzene rings is 2. The van der Waals surface area contributed by atoms with E-state index < -0.39 is 29.5 Å². The number of nitrogens with one attached hydrogen (secondary N) is 1. The molecule has 13 heteroatoms. The molecule has 2 saturated heterocycles. The average Bonchev–Trinajstić information content (AvgIpc) is 3.51. The molecule has 3 aliphatic heterocycles. The van der Waals surface area contributed by atoms with Gasteiger partial charge in [-0.05, 0) is 49.2 Å². The third-order valence-electron chi connectivity index (χ3n) is 7.02. The van der Waals surface area contributed by atoms with Gasteiger partial charge in [0.05, 0.1) is 41.2 Å². The van der Waals surface area contributed by atoms with E-state index in [4.69, 9.17) is 26.8 Å². The summed E-state index contributed by atoms with van der Waals surface area (Å²) in [7, 11) is 0. The highest BCUT2D eigenvalue weighted by Gasteiger charge is 2.49. The van der Waals surface area contributed by atoms with Crippen molar-refractivity contribution in [1.29, 1.82) is 0 Å². The highest BCUT2D eigenvalue weighted by atomic mass is 35.5. The number of carbonyl (C=O) groups is 3. The molecule has 0 aliphatic carbocycles. The number of halogens is 2. The Labute approximate surface area is 220 Å². The van der Waals surface area contributed by atoms with E-state index in [1.165, 1.54) is 32.8 Å². The summed E-state index contributed by atoms with van der Waals surface area (Å²) in [4.78, 5) is 40.7. The number of fused-ring (bicyclic) bond motifs is 2. The second-order valence-electron chi connectivity index (χ2n) is 9.26. The van der Waals surface area contributed by atoms with E-state index in [-0.39, 0.29) is 34.2 Å². The Kier molecular flexibility index (Phi) is 5.64. The van der Waals surface area contributed by atoms with Crippen molar-refractivity contribution in [3.05, 3.63) is 64.6 Å². The third-order valence-corrected chi connectivity index (χ3v) is 7.31. The number of carbonyl (C=O) groups excluding carboxylic acids is 3. The molecule has 196 valence electrons. The minimum atomic E-state index is -1.39. The summed E-state index contributed by atoms with van der Waals surface area (Å²) >= 11 is 6.04. The predicted octanol–water partition coefficient (Wildman–Crippen LogP) is 3.90. The van der Waals surface area contributed by atoms with E-state index in [1.807, 2.05) is 0 Å². The van der Waals surface area contributed by atoms with Gasteiger partial charge in [0.1, 0.15) is 18.0 Å². The lowest BCUT2D eigenvalue weighted by Gasteiger charge is -2.45. The first kappa shape index (κ1) is 24.0. The molecule has 1 aromatic heterocycles. The van der Waals surface area contributed by atoms with Crippen LogP contribution >= 0.6 is 11.6 Å². The Morgan fingerprint density at radius 2 is 1.89 bits per heavy atom. The molecular formula is C25H22ClFN6O5. The first-order valence-electron chi connectivity index (χ1n) is 11.9. The number of nitrogens with two attached hydrogens (primary N) is 1. The average molecular weight is 541 g/mol. The van der Waals surface area contributed by atoms with Crippen molar-refractivity contribution in [2.24, 2.45) is 0 Å². The number of nitrogens with zero attached hydrogens (tertiary/aromatic N) is 4. The largest absolute Gasteiger partial charge is 0.447 e. The Morgan fingerprint density at radius 3 is 2.63 bits per heavy atom. The monoisotopic (exact) mass is 540 g/mol. The maximum atomic E-state index is 15.2. The van der Waals surface area contributed by atoms with Gasteiger partial charge in [-0.3, -0.25) is 15.0 Å². The summed E-state index contributed by atoms with van der Waals surface area (Å²) in [6.45, 7) is 1.07. The van der Waals surface area contributed by atoms with Gasteiger partial charge in [-0.1, -0.05) is 11.6 Å². The normalized spacial score (nSPS) is 20.7. The van der Waals surface area contributed by atoms with Crippen molar-refractivity contribution in [2.45, 2.75) is 18.4 Å². The minimum absolute atomic E-state index is 0.0746. The number of rotatable bonds is 3. The van der Waals surface area contributed by atoms with Crippen molar-refractivity contribution >= 4 is 46.9 Å². The van der Waals surface area contributed by atoms with Crippen molar-refractivity contribution in [2.75, 3.05) is 42.2 Å². The van der Waals surface area contributed by atoms with Gasteiger partial charge in [0, 0.05) is 12.2 Å². The fraction of sp³-hybridized carbons (Fsp3) is 0.280. The maximum Gasteiger partial charge on any atom is 0.414 e. The van der Waals surface area contributed by atoms with Crippen LogP contribution in [0.4, 0.5) is 31.2 Å². The molecule has 3 N–H and O–H groups in total. The lowest BCUT2D eigenvalue weighted by atomic mass is 9.83. The molecule has 3 aromatic rings. The number of hydrogen-bond acceptors (Lipinski definition) is 7. The van der Waals surface area contributed by atoms with Crippen LogP contribution in [0.2, 0.25) is 5.02 Å². The summed E-state index contributed by atoms with van der Waals surface area (Å²) in [6.07, 6.45) is 1.00. The van der Waals surface area contributed by atoms with E-state index in [9.17, 15) is 14.4 Å². The van der Waals surface area contributed by atoms with Gasteiger partial charge >= 0.3 is 12.2 Å². The second-order valence-corrected chi connectivity index (χ2v) is 9.67. The number of likely N-dealkylation sites (tertiary alicyclic amines) is 1. The van der Waals surface area contributed by atoms with Crippen LogP contribution in [0, 0.1) is 5.82 Å². The van der Waals surface area contributed by atoms with Gasteiger partial charge < -0.3 is 20.1 Å². The topological polar surface area (TPSA) is 132 Å². The molecule has 1 atom stereocenters. The van der Waals surface area contributed by atoms with Gasteiger partial charge in [0.25, 0.3) is 5.91 Å². The zero-order chi connectivity index (χ0) is 26.6. The fourth-order valence-corrected chi connectivity index (χ4v) is 5.40. The number of hydrogen-bond donors (Lipinski definition) is 2. The molecule has 2 aromatic carbocycles. The third kappa shape index (κ3) is 3.79. The molecular weight excluding hydrogens is 519 g/mol. The van der Waals surface area contributed by atoms with Crippen LogP contribution in [-0.2, 0) is 15.1 Å². The molecule has 0 radical (unpaired) electrons. The van der Waals surface area contributed by atoms with E-state index in [1.54, 1.807) is 24.3 Å². The highest BCUT2D eigenvalue weighted by Crippen LogP contribution is 2.45. The maximum absolute atomic E-state index is 15.2. The van der Waals surface area contributed by atoms with E-state index in [0.29, 0.717) is 43.9 Å². The van der Waals surface area contributed by atoms with E-state index in [0.717, 1.165) is 0 Å². The summed E-state index contributed by atoms with van der Waals surface area (Å²) < 4.78 is 27.2. The number of anilines is 3. The Bertz CT molecular complexity index is 1480. The number of amides is 3. The zero-order valence-corrected chi connectivity index (χ0v) is 20.7. The number of piperidine rings is 1. The molecule has 3 aliphatic rings. The van der Waals surface area contributed by atoms with Crippen LogP contribution < -0.4 is 16.0 Å². The SMILES string of the molecule is Nc1c(C(=O)N2CCC[C@@]3(C2)OC(=O)Nc2ccc(Cl)c(F)c23)cnn1-c1ccc(N2CCOC2=O)cc1. The lowest BCUT2D eigenvalue weighted by molar-refractivity contribution is -0.0418. The molecule has 0 saturated carbocycles. The van der Waals surface area contributed by atoms with E-state index >= 15 is 4.39 Å². The van der Waals surface area contributed by atoms with E-state index in [2.05, 4.69) is 10.4 Å². The molecule has 3 amide bonds. The number of cyclic esters (lactones) is 1.